The summed E-state index contributed by atoms with van der Waals surface area (Å²) < 4.78 is 13.3. The SMILES string of the molecule is O=C(N[C@@H]1CN(Cc2cn[nH]c2-c2ccc(F)cc2)CC[C@@H]1CO)c1ccccc1. The van der Waals surface area contributed by atoms with Gasteiger partial charge in [0.1, 0.15) is 5.82 Å². The van der Waals surface area contributed by atoms with Gasteiger partial charge < -0.3 is 10.4 Å². The van der Waals surface area contributed by atoms with E-state index in [2.05, 4.69) is 20.4 Å². The summed E-state index contributed by atoms with van der Waals surface area (Å²) in [5.41, 5.74) is 3.36. The molecule has 0 spiro atoms. The standard InChI is InChI=1S/C23H25FN4O2/c24-20-8-6-16(7-9-20)22-19(12-25-27-22)13-28-11-10-18(15-29)21(14-28)26-23(30)17-4-2-1-3-5-17/h1-9,12,18,21,29H,10-11,13-15H2,(H,25,27)(H,26,30)/t18-,21-/m1/s1. The third-order valence-corrected chi connectivity index (χ3v) is 5.67. The van der Waals surface area contributed by atoms with Crippen LogP contribution in [0.5, 0.6) is 0 Å². The van der Waals surface area contributed by atoms with Crippen molar-refractivity contribution >= 4 is 5.91 Å². The van der Waals surface area contributed by atoms with E-state index in [0.717, 1.165) is 29.8 Å². The fourth-order valence-electron chi connectivity index (χ4n) is 3.97. The second-order valence-electron chi connectivity index (χ2n) is 7.69. The number of carbonyl (C=O) groups excluding carboxylic acids is 1. The van der Waals surface area contributed by atoms with Crippen molar-refractivity contribution in [1.29, 1.82) is 0 Å². The van der Waals surface area contributed by atoms with E-state index in [1.165, 1.54) is 12.1 Å². The molecule has 1 aromatic heterocycles. The molecule has 7 heteroatoms. The third kappa shape index (κ3) is 4.58. The summed E-state index contributed by atoms with van der Waals surface area (Å²) in [7, 11) is 0. The molecule has 3 aromatic rings. The van der Waals surface area contributed by atoms with Crippen LogP contribution in [0.3, 0.4) is 0 Å². The summed E-state index contributed by atoms with van der Waals surface area (Å²) in [6.45, 7) is 2.15. The van der Waals surface area contributed by atoms with Gasteiger partial charge in [-0.2, -0.15) is 5.10 Å². The third-order valence-electron chi connectivity index (χ3n) is 5.67. The van der Waals surface area contributed by atoms with Crippen LogP contribution >= 0.6 is 0 Å². The number of aromatic nitrogens is 2. The molecule has 3 N–H and O–H groups in total. The molecule has 0 radical (unpaired) electrons. The molecule has 2 aromatic carbocycles. The zero-order chi connectivity index (χ0) is 20.9. The number of likely N-dealkylation sites (tertiary alicyclic amines) is 1. The zero-order valence-corrected chi connectivity index (χ0v) is 16.6. The Morgan fingerprint density at radius 2 is 1.97 bits per heavy atom. The van der Waals surface area contributed by atoms with Gasteiger partial charge in [0, 0.05) is 48.3 Å². The Bertz CT molecular complexity index is 974. The number of hydrogen-bond acceptors (Lipinski definition) is 4. The van der Waals surface area contributed by atoms with Crippen molar-refractivity contribution in [2.45, 2.75) is 19.0 Å². The molecule has 30 heavy (non-hydrogen) atoms. The molecule has 1 saturated heterocycles. The monoisotopic (exact) mass is 408 g/mol. The van der Waals surface area contributed by atoms with Crippen LogP contribution < -0.4 is 5.32 Å². The van der Waals surface area contributed by atoms with Crippen LogP contribution in [0.1, 0.15) is 22.3 Å². The minimum Gasteiger partial charge on any atom is -0.396 e. The normalized spacial score (nSPS) is 19.5. The fourth-order valence-corrected chi connectivity index (χ4v) is 3.97. The quantitative estimate of drug-likeness (QED) is 0.586. The van der Waals surface area contributed by atoms with E-state index in [-0.39, 0.29) is 30.3 Å². The predicted octanol–water partition coefficient (Wildman–Crippen LogP) is 2.83. The predicted molar refractivity (Wildman–Crippen MR) is 112 cm³/mol. The van der Waals surface area contributed by atoms with Crippen LogP contribution in [0.2, 0.25) is 0 Å². The van der Waals surface area contributed by atoms with Gasteiger partial charge in [0.15, 0.2) is 0 Å². The Morgan fingerprint density at radius 3 is 2.70 bits per heavy atom. The molecule has 0 unspecified atom stereocenters. The molecule has 156 valence electrons. The van der Waals surface area contributed by atoms with Crippen LogP contribution in [-0.4, -0.2) is 51.8 Å². The number of rotatable bonds is 6. The molecule has 0 saturated carbocycles. The van der Waals surface area contributed by atoms with Gasteiger partial charge in [-0.15, -0.1) is 0 Å². The molecule has 4 rings (SSSR count). The van der Waals surface area contributed by atoms with Crippen molar-refractivity contribution < 1.29 is 14.3 Å². The number of amides is 1. The molecule has 1 aliphatic heterocycles. The summed E-state index contributed by atoms with van der Waals surface area (Å²) in [4.78, 5) is 14.9. The van der Waals surface area contributed by atoms with Gasteiger partial charge in [-0.1, -0.05) is 18.2 Å². The molecule has 1 aliphatic rings. The first-order valence-corrected chi connectivity index (χ1v) is 10.1. The number of halogens is 1. The van der Waals surface area contributed by atoms with E-state index in [9.17, 15) is 14.3 Å². The van der Waals surface area contributed by atoms with Crippen LogP contribution in [0.4, 0.5) is 4.39 Å². The number of H-pyrrole nitrogens is 1. The topological polar surface area (TPSA) is 81.2 Å². The zero-order valence-electron chi connectivity index (χ0n) is 16.6. The second-order valence-corrected chi connectivity index (χ2v) is 7.69. The highest BCUT2D eigenvalue weighted by Gasteiger charge is 2.30. The molecular weight excluding hydrogens is 383 g/mol. The molecule has 0 bridgehead atoms. The van der Waals surface area contributed by atoms with Crippen molar-refractivity contribution in [3.8, 4) is 11.3 Å². The first-order chi connectivity index (χ1) is 14.6. The Kier molecular flexibility index (Phi) is 6.21. The van der Waals surface area contributed by atoms with E-state index in [4.69, 9.17) is 0 Å². The largest absolute Gasteiger partial charge is 0.396 e. The maximum absolute atomic E-state index is 13.3. The highest BCUT2D eigenvalue weighted by atomic mass is 19.1. The molecule has 2 heterocycles. The number of aromatic amines is 1. The first kappa shape index (κ1) is 20.3. The van der Waals surface area contributed by atoms with E-state index >= 15 is 0 Å². The van der Waals surface area contributed by atoms with Crippen molar-refractivity contribution in [1.82, 2.24) is 20.4 Å². The van der Waals surface area contributed by atoms with E-state index in [1.54, 1.807) is 30.5 Å². The lowest BCUT2D eigenvalue weighted by Crippen LogP contribution is -2.53. The number of piperidine rings is 1. The van der Waals surface area contributed by atoms with Crippen molar-refractivity contribution in [3.05, 3.63) is 77.7 Å². The summed E-state index contributed by atoms with van der Waals surface area (Å²) in [6, 6.07) is 15.3. The van der Waals surface area contributed by atoms with Gasteiger partial charge in [0.2, 0.25) is 0 Å². The van der Waals surface area contributed by atoms with E-state index in [0.29, 0.717) is 18.7 Å². The maximum atomic E-state index is 13.3. The molecule has 1 fully saturated rings. The molecule has 0 aliphatic carbocycles. The summed E-state index contributed by atoms with van der Waals surface area (Å²) in [5, 5.41) is 20.1. The van der Waals surface area contributed by atoms with Crippen molar-refractivity contribution in [3.63, 3.8) is 0 Å². The summed E-state index contributed by atoms with van der Waals surface area (Å²) in [5.74, 6) is -0.381. The second kappa shape index (κ2) is 9.19. The molecule has 2 atom stereocenters. The van der Waals surface area contributed by atoms with Crippen molar-refractivity contribution in [2.24, 2.45) is 5.92 Å². The minimum absolute atomic E-state index is 0.0230. The maximum Gasteiger partial charge on any atom is 0.251 e. The van der Waals surface area contributed by atoms with Gasteiger partial charge in [0.05, 0.1) is 11.9 Å². The van der Waals surface area contributed by atoms with Gasteiger partial charge in [-0.05, 0) is 49.4 Å². The minimum atomic E-state index is -0.275. The number of hydrogen-bond donors (Lipinski definition) is 3. The lowest BCUT2D eigenvalue weighted by molar-refractivity contribution is 0.0731. The first-order valence-electron chi connectivity index (χ1n) is 10.1. The Balaban J connectivity index is 1.45. The lowest BCUT2D eigenvalue weighted by atomic mass is 9.91. The average Bonchev–Trinajstić information content (AvgIpc) is 3.23. The highest BCUT2D eigenvalue weighted by Crippen LogP contribution is 2.25. The number of aliphatic hydroxyl groups is 1. The number of carbonyl (C=O) groups is 1. The van der Waals surface area contributed by atoms with Gasteiger partial charge in [-0.25, -0.2) is 4.39 Å². The number of aliphatic hydroxyl groups excluding tert-OH is 1. The van der Waals surface area contributed by atoms with Crippen LogP contribution in [0.15, 0.2) is 60.8 Å². The fraction of sp³-hybridized carbons (Fsp3) is 0.304. The van der Waals surface area contributed by atoms with E-state index in [1.807, 2.05) is 18.2 Å². The van der Waals surface area contributed by atoms with Crippen LogP contribution in [0.25, 0.3) is 11.3 Å². The summed E-state index contributed by atoms with van der Waals surface area (Å²) >= 11 is 0. The van der Waals surface area contributed by atoms with Gasteiger partial charge in [0.25, 0.3) is 5.91 Å². The van der Waals surface area contributed by atoms with Crippen LogP contribution in [-0.2, 0) is 6.54 Å². The van der Waals surface area contributed by atoms with Gasteiger partial charge >= 0.3 is 0 Å². The van der Waals surface area contributed by atoms with Crippen molar-refractivity contribution in [2.75, 3.05) is 19.7 Å². The summed E-state index contributed by atoms with van der Waals surface area (Å²) in [6.07, 6.45) is 2.58. The lowest BCUT2D eigenvalue weighted by Gasteiger charge is -2.38. The Morgan fingerprint density at radius 1 is 1.20 bits per heavy atom. The Labute approximate surface area is 174 Å². The van der Waals surface area contributed by atoms with Gasteiger partial charge in [-0.3, -0.25) is 14.8 Å². The molecular formula is C23H25FN4O2. The number of nitrogens with one attached hydrogen (secondary N) is 2. The highest BCUT2D eigenvalue weighted by molar-refractivity contribution is 5.94. The number of nitrogens with zero attached hydrogens (tertiary/aromatic N) is 2. The number of benzene rings is 2. The average molecular weight is 408 g/mol. The van der Waals surface area contributed by atoms with Crippen LogP contribution in [0, 0.1) is 11.7 Å². The van der Waals surface area contributed by atoms with E-state index < -0.39 is 0 Å². The Hall–Kier alpha value is -3.03. The smallest absolute Gasteiger partial charge is 0.251 e. The molecule has 6 nitrogen and oxygen atoms in total. The molecule has 1 amide bonds.